The number of hydrogen-bond donors (Lipinski definition) is 1. The molecule has 1 saturated heterocycles. The van der Waals surface area contributed by atoms with E-state index < -0.39 is 5.97 Å². The molecule has 150 valence electrons. The number of anilines is 2. The maximum atomic E-state index is 12.4. The minimum atomic E-state index is -0.496. The van der Waals surface area contributed by atoms with Crippen molar-refractivity contribution in [3.63, 3.8) is 0 Å². The number of rotatable bonds is 7. The van der Waals surface area contributed by atoms with Crippen LogP contribution < -0.4 is 10.2 Å². The van der Waals surface area contributed by atoms with Crippen molar-refractivity contribution in [3.05, 3.63) is 29.8 Å². The Hall–Kier alpha value is -2.59. The second kappa shape index (κ2) is 9.56. The quantitative estimate of drug-likeness (QED) is 0.548. The molecule has 0 saturated carbocycles. The van der Waals surface area contributed by atoms with Crippen molar-refractivity contribution in [2.75, 3.05) is 49.4 Å². The minimum absolute atomic E-state index is 0.150. The molecule has 1 fully saturated rings. The molecule has 0 unspecified atom stereocenters. The van der Waals surface area contributed by atoms with E-state index in [0.29, 0.717) is 36.2 Å². The molecule has 28 heavy (non-hydrogen) atoms. The number of aromatic nitrogens is 3. The molecule has 10 heteroatoms. The van der Waals surface area contributed by atoms with Crippen molar-refractivity contribution in [2.45, 2.75) is 18.6 Å². The van der Waals surface area contributed by atoms with E-state index in [1.807, 2.05) is 11.5 Å². The van der Waals surface area contributed by atoms with Crippen LogP contribution in [0.2, 0.25) is 0 Å². The molecule has 1 aliphatic heterocycles. The number of carbonyl (C=O) groups is 2. The molecule has 3 rings (SSSR count). The summed E-state index contributed by atoms with van der Waals surface area (Å²) in [6.07, 6.45) is 0. The Kier molecular flexibility index (Phi) is 6.88. The number of nitrogens with zero attached hydrogens (tertiary/aromatic N) is 4. The van der Waals surface area contributed by atoms with E-state index in [4.69, 9.17) is 9.47 Å². The van der Waals surface area contributed by atoms with Crippen LogP contribution in [0.3, 0.4) is 0 Å². The lowest BCUT2D eigenvalue weighted by Crippen LogP contribution is -2.38. The number of hydrogen-bond acceptors (Lipinski definition) is 8. The molecule has 1 amide bonds. The van der Waals surface area contributed by atoms with E-state index >= 15 is 0 Å². The Morgan fingerprint density at radius 1 is 1.25 bits per heavy atom. The normalized spacial score (nSPS) is 14.0. The number of morpholine rings is 1. The SMILES string of the molecule is CCn1c(SCC(=O)Nc2ccccc2C(=O)OC)nnc1N1CCOCC1. The molecule has 0 radical (unpaired) electrons. The van der Waals surface area contributed by atoms with Gasteiger partial charge in [0.05, 0.1) is 37.3 Å². The van der Waals surface area contributed by atoms with E-state index in [1.54, 1.807) is 24.3 Å². The zero-order chi connectivity index (χ0) is 19.9. The maximum Gasteiger partial charge on any atom is 0.339 e. The third-order valence-electron chi connectivity index (χ3n) is 4.25. The Morgan fingerprint density at radius 2 is 2.00 bits per heavy atom. The summed E-state index contributed by atoms with van der Waals surface area (Å²) in [5.41, 5.74) is 0.737. The third kappa shape index (κ3) is 4.63. The number of benzene rings is 1. The van der Waals surface area contributed by atoms with Crippen LogP contribution in [0.1, 0.15) is 17.3 Å². The van der Waals surface area contributed by atoms with Crippen molar-refractivity contribution >= 4 is 35.3 Å². The maximum absolute atomic E-state index is 12.4. The van der Waals surface area contributed by atoms with Gasteiger partial charge in [-0.15, -0.1) is 10.2 Å². The zero-order valence-electron chi connectivity index (χ0n) is 15.9. The van der Waals surface area contributed by atoms with Gasteiger partial charge < -0.3 is 19.7 Å². The average molecular weight is 405 g/mol. The smallest absolute Gasteiger partial charge is 0.339 e. The van der Waals surface area contributed by atoms with Crippen molar-refractivity contribution in [1.82, 2.24) is 14.8 Å². The van der Waals surface area contributed by atoms with Crippen LogP contribution in [0.4, 0.5) is 11.6 Å². The summed E-state index contributed by atoms with van der Waals surface area (Å²) < 4.78 is 12.1. The van der Waals surface area contributed by atoms with E-state index in [1.165, 1.54) is 18.9 Å². The molecule has 0 bridgehead atoms. The first kappa shape index (κ1) is 20.2. The number of thioether (sulfide) groups is 1. The summed E-state index contributed by atoms with van der Waals surface area (Å²) in [5, 5.41) is 12.0. The minimum Gasteiger partial charge on any atom is -0.465 e. The van der Waals surface area contributed by atoms with E-state index in [9.17, 15) is 9.59 Å². The molecule has 2 aromatic rings. The molecular weight excluding hydrogens is 382 g/mol. The van der Waals surface area contributed by atoms with Gasteiger partial charge in [0.15, 0.2) is 5.16 Å². The first-order chi connectivity index (χ1) is 13.6. The molecule has 0 aliphatic carbocycles. The van der Waals surface area contributed by atoms with Crippen molar-refractivity contribution in [2.24, 2.45) is 0 Å². The molecule has 1 aliphatic rings. The monoisotopic (exact) mass is 405 g/mol. The van der Waals surface area contributed by atoms with Crippen LogP contribution in [-0.2, 0) is 20.8 Å². The number of amides is 1. The number of ether oxygens (including phenoxy) is 2. The van der Waals surface area contributed by atoms with Gasteiger partial charge in [-0.3, -0.25) is 9.36 Å². The summed E-state index contributed by atoms with van der Waals surface area (Å²) in [6, 6.07) is 6.74. The third-order valence-corrected chi connectivity index (χ3v) is 5.21. The molecule has 9 nitrogen and oxygen atoms in total. The number of carbonyl (C=O) groups excluding carboxylic acids is 2. The predicted molar refractivity (Wildman–Crippen MR) is 106 cm³/mol. The summed E-state index contributed by atoms with van der Waals surface area (Å²) in [5.74, 6) is 0.214. The largest absolute Gasteiger partial charge is 0.465 e. The van der Waals surface area contributed by atoms with Gasteiger partial charge in [-0.05, 0) is 19.1 Å². The van der Waals surface area contributed by atoms with Crippen LogP contribution in [0.15, 0.2) is 29.4 Å². The highest BCUT2D eigenvalue weighted by Gasteiger charge is 2.20. The van der Waals surface area contributed by atoms with Gasteiger partial charge >= 0.3 is 5.97 Å². The highest BCUT2D eigenvalue weighted by atomic mass is 32.2. The van der Waals surface area contributed by atoms with Gasteiger partial charge in [0.1, 0.15) is 0 Å². The molecule has 1 N–H and O–H groups in total. The number of para-hydroxylation sites is 1. The van der Waals surface area contributed by atoms with Crippen molar-refractivity contribution in [3.8, 4) is 0 Å². The number of methoxy groups -OCH3 is 1. The van der Waals surface area contributed by atoms with Crippen LogP contribution >= 0.6 is 11.8 Å². The van der Waals surface area contributed by atoms with Crippen LogP contribution in [0.25, 0.3) is 0 Å². The standard InChI is InChI=1S/C18H23N5O4S/c1-3-23-17(22-8-10-27-11-9-22)20-21-18(23)28-12-15(24)19-14-7-5-4-6-13(14)16(25)26-2/h4-7H,3,8-12H2,1-2H3,(H,19,24). The fourth-order valence-corrected chi connectivity index (χ4v) is 3.66. The van der Waals surface area contributed by atoms with Crippen molar-refractivity contribution < 1.29 is 19.1 Å². The Labute approximate surface area is 167 Å². The van der Waals surface area contributed by atoms with Gasteiger partial charge in [0, 0.05) is 19.6 Å². The topological polar surface area (TPSA) is 98.6 Å². The number of nitrogens with one attached hydrogen (secondary N) is 1. The van der Waals surface area contributed by atoms with Crippen LogP contribution in [-0.4, -0.2) is 65.8 Å². The fourth-order valence-electron chi connectivity index (χ4n) is 2.86. The summed E-state index contributed by atoms with van der Waals surface area (Å²) >= 11 is 1.31. The highest BCUT2D eigenvalue weighted by molar-refractivity contribution is 7.99. The Balaban J connectivity index is 1.64. The summed E-state index contributed by atoms with van der Waals surface area (Å²) in [7, 11) is 1.31. The van der Waals surface area contributed by atoms with E-state index in [0.717, 1.165) is 19.0 Å². The van der Waals surface area contributed by atoms with Crippen LogP contribution in [0, 0.1) is 0 Å². The first-order valence-corrected chi connectivity index (χ1v) is 9.98. The second-order valence-corrected chi connectivity index (χ2v) is 6.94. The fraction of sp³-hybridized carbons (Fsp3) is 0.444. The van der Waals surface area contributed by atoms with Gasteiger partial charge in [0.2, 0.25) is 11.9 Å². The molecule has 0 atom stereocenters. The highest BCUT2D eigenvalue weighted by Crippen LogP contribution is 2.23. The lowest BCUT2D eigenvalue weighted by molar-refractivity contribution is -0.113. The van der Waals surface area contributed by atoms with Gasteiger partial charge in [-0.2, -0.15) is 0 Å². The molecule has 1 aromatic carbocycles. The van der Waals surface area contributed by atoms with Gasteiger partial charge in [-0.1, -0.05) is 23.9 Å². The van der Waals surface area contributed by atoms with Crippen molar-refractivity contribution in [1.29, 1.82) is 0 Å². The Morgan fingerprint density at radius 3 is 2.71 bits per heavy atom. The van der Waals surface area contributed by atoms with Gasteiger partial charge in [0.25, 0.3) is 0 Å². The lowest BCUT2D eigenvalue weighted by atomic mass is 10.2. The average Bonchev–Trinajstić information content (AvgIpc) is 3.15. The second-order valence-electron chi connectivity index (χ2n) is 6.00. The molecular formula is C18H23N5O4S. The lowest BCUT2D eigenvalue weighted by Gasteiger charge is -2.27. The number of esters is 1. The summed E-state index contributed by atoms with van der Waals surface area (Å²) in [6.45, 7) is 5.60. The van der Waals surface area contributed by atoms with E-state index in [-0.39, 0.29) is 11.7 Å². The van der Waals surface area contributed by atoms with Crippen LogP contribution in [0.5, 0.6) is 0 Å². The van der Waals surface area contributed by atoms with E-state index in [2.05, 4.69) is 20.4 Å². The Bertz CT molecular complexity index is 835. The first-order valence-electron chi connectivity index (χ1n) is 9.00. The predicted octanol–water partition coefficient (Wildman–Crippen LogP) is 1.65. The molecule has 0 spiro atoms. The molecule has 2 heterocycles. The zero-order valence-corrected chi connectivity index (χ0v) is 16.7. The summed E-state index contributed by atoms with van der Waals surface area (Å²) in [4.78, 5) is 26.3. The van der Waals surface area contributed by atoms with Gasteiger partial charge in [-0.25, -0.2) is 4.79 Å². The molecule has 1 aromatic heterocycles.